The zero-order chi connectivity index (χ0) is 11.4. The molecule has 1 atom stereocenters. The number of aromatic nitrogens is 2. The third-order valence-corrected chi connectivity index (χ3v) is 2.44. The SMILES string of the molecule is Cc1ncc(C=N[C@H](C)c2ccccc2)[nH]1. The van der Waals surface area contributed by atoms with Gasteiger partial charge in [-0.25, -0.2) is 4.98 Å². The van der Waals surface area contributed by atoms with Crippen molar-refractivity contribution in [2.45, 2.75) is 19.9 Å². The minimum Gasteiger partial charge on any atom is -0.341 e. The molecule has 2 rings (SSSR count). The first kappa shape index (κ1) is 10.6. The highest BCUT2D eigenvalue weighted by molar-refractivity contribution is 5.76. The normalized spacial score (nSPS) is 13.1. The number of aliphatic imine (C=N–C) groups is 1. The number of hydrogen-bond donors (Lipinski definition) is 1. The molecule has 0 aliphatic rings. The van der Waals surface area contributed by atoms with Crippen LogP contribution in [0.3, 0.4) is 0 Å². The van der Waals surface area contributed by atoms with Gasteiger partial charge in [0.05, 0.1) is 17.9 Å². The van der Waals surface area contributed by atoms with Crippen LogP contribution in [0.4, 0.5) is 0 Å². The van der Waals surface area contributed by atoms with Gasteiger partial charge in [-0.3, -0.25) is 4.99 Å². The molecule has 1 aromatic heterocycles. The van der Waals surface area contributed by atoms with Gasteiger partial charge in [0.25, 0.3) is 0 Å². The van der Waals surface area contributed by atoms with Crippen LogP contribution >= 0.6 is 0 Å². The third kappa shape index (κ3) is 2.57. The Labute approximate surface area is 95.3 Å². The molecule has 0 fully saturated rings. The van der Waals surface area contributed by atoms with Gasteiger partial charge in [-0.15, -0.1) is 0 Å². The van der Waals surface area contributed by atoms with Gasteiger partial charge in [0.15, 0.2) is 0 Å². The molecule has 0 radical (unpaired) electrons. The largest absolute Gasteiger partial charge is 0.341 e. The van der Waals surface area contributed by atoms with E-state index in [-0.39, 0.29) is 6.04 Å². The first-order valence-electron chi connectivity index (χ1n) is 5.35. The number of nitrogens with zero attached hydrogens (tertiary/aromatic N) is 2. The van der Waals surface area contributed by atoms with Crippen molar-refractivity contribution in [2.75, 3.05) is 0 Å². The smallest absolute Gasteiger partial charge is 0.103 e. The van der Waals surface area contributed by atoms with Crippen LogP contribution in [0.25, 0.3) is 0 Å². The maximum absolute atomic E-state index is 4.48. The lowest BCUT2D eigenvalue weighted by molar-refractivity contribution is 0.824. The summed E-state index contributed by atoms with van der Waals surface area (Å²) in [5, 5.41) is 0. The van der Waals surface area contributed by atoms with Crippen LogP contribution < -0.4 is 0 Å². The van der Waals surface area contributed by atoms with E-state index in [1.54, 1.807) is 6.20 Å². The minimum absolute atomic E-state index is 0.171. The molecular weight excluding hydrogens is 198 g/mol. The Hall–Kier alpha value is -1.90. The van der Waals surface area contributed by atoms with E-state index in [2.05, 4.69) is 34.0 Å². The van der Waals surface area contributed by atoms with Gasteiger partial charge < -0.3 is 4.98 Å². The molecule has 0 saturated heterocycles. The van der Waals surface area contributed by atoms with E-state index >= 15 is 0 Å². The standard InChI is InChI=1S/C13H15N3/c1-10(12-6-4-3-5-7-12)14-8-13-9-15-11(2)16-13/h3-10H,1-2H3,(H,15,16)/t10-/m1/s1. The van der Waals surface area contributed by atoms with Crippen LogP contribution in [0.5, 0.6) is 0 Å². The number of hydrogen-bond acceptors (Lipinski definition) is 2. The first-order valence-corrected chi connectivity index (χ1v) is 5.35. The van der Waals surface area contributed by atoms with Gasteiger partial charge in [-0.2, -0.15) is 0 Å². The minimum atomic E-state index is 0.171. The van der Waals surface area contributed by atoms with Crippen LogP contribution in [0.1, 0.15) is 30.0 Å². The van der Waals surface area contributed by atoms with Crippen molar-refractivity contribution in [3.8, 4) is 0 Å². The summed E-state index contributed by atoms with van der Waals surface area (Å²) in [5.74, 6) is 0.911. The average molecular weight is 213 g/mol. The molecule has 2 aromatic rings. The second-order valence-electron chi connectivity index (χ2n) is 3.79. The number of benzene rings is 1. The number of aromatic amines is 1. The highest BCUT2D eigenvalue weighted by atomic mass is 14.9. The van der Waals surface area contributed by atoms with Gasteiger partial charge >= 0.3 is 0 Å². The second-order valence-corrected chi connectivity index (χ2v) is 3.79. The molecule has 0 aliphatic carbocycles. The van der Waals surface area contributed by atoms with Crippen molar-refractivity contribution in [3.63, 3.8) is 0 Å². The predicted molar refractivity (Wildman–Crippen MR) is 65.8 cm³/mol. The molecule has 3 nitrogen and oxygen atoms in total. The van der Waals surface area contributed by atoms with Crippen molar-refractivity contribution < 1.29 is 0 Å². The monoisotopic (exact) mass is 213 g/mol. The Morgan fingerprint density at radius 3 is 2.69 bits per heavy atom. The van der Waals surface area contributed by atoms with E-state index in [9.17, 15) is 0 Å². The van der Waals surface area contributed by atoms with E-state index < -0.39 is 0 Å². The van der Waals surface area contributed by atoms with Crippen molar-refractivity contribution in [3.05, 3.63) is 53.6 Å². The van der Waals surface area contributed by atoms with Crippen LogP contribution in [0.2, 0.25) is 0 Å². The van der Waals surface area contributed by atoms with Crippen LogP contribution in [0, 0.1) is 6.92 Å². The summed E-state index contributed by atoms with van der Waals surface area (Å²) < 4.78 is 0. The molecule has 82 valence electrons. The molecule has 1 aromatic carbocycles. The fraction of sp³-hybridized carbons (Fsp3) is 0.231. The summed E-state index contributed by atoms with van der Waals surface area (Å²) in [6.07, 6.45) is 3.62. The van der Waals surface area contributed by atoms with Gasteiger partial charge in [-0.1, -0.05) is 30.3 Å². The maximum Gasteiger partial charge on any atom is 0.103 e. The van der Waals surface area contributed by atoms with Crippen molar-refractivity contribution in [1.29, 1.82) is 0 Å². The summed E-state index contributed by atoms with van der Waals surface area (Å²) in [5.41, 5.74) is 2.16. The van der Waals surface area contributed by atoms with Crippen LogP contribution in [-0.4, -0.2) is 16.2 Å². The highest BCUT2D eigenvalue weighted by Crippen LogP contribution is 2.15. The number of nitrogens with one attached hydrogen (secondary N) is 1. The topological polar surface area (TPSA) is 41.0 Å². The van der Waals surface area contributed by atoms with Crippen molar-refractivity contribution in [2.24, 2.45) is 4.99 Å². The Morgan fingerprint density at radius 1 is 1.31 bits per heavy atom. The van der Waals surface area contributed by atoms with Crippen LogP contribution in [-0.2, 0) is 0 Å². The first-order chi connectivity index (χ1) is 7.75. The molecule has 0 spiro atoms. The molecule has 1 heterocycles. The lowest BCUT2D eigenvalue weighted by Gasteiger charge is -2.04. The van der Waals surface area contributed by atoms with Gasteiger partial charge in [-0.05, 0) is 19.4 Å². The van der Waals surface area contributed by atoms with E-state index in [0.717, 1.165) is 11.5 Å². The lowest BCUT2D eigenvalue weighted by atomic mass is 10.1. The molecule has 0 amide bonds. The molecule has 0 aliphatic heterocycles. The van der Waals surface area contributed by atoms with Gasteiger partial charge in [0.2, 0.25) is 0 Å². The zero-order valence-electron chi connectivity index (χ0n) is 9.51. The Balaban J connectivity index is 2.08. The summed E-state index contributed by atoms with van der Waals surface area (Å²) in [7, 11) is 0. The number of rotatable bonds is 3. The number of imidazole rings is 1. The van der Waals surface area contributed by atoms with Gasteiger partial charge in [0, 0.05) is 6.21 Å². The Morgan fingerprint density at radius 2 is 2.06 bits per heavy atom. The fourth-order valence-corrected chi connectivity index (χ4v) is 1.52. The third-order valence-electron chi connectivity index (χ3n) is 2.44. The Kier molecular flexibility index (Phi) is 3.15. The van der Waals surface area contributed by atoms with E-state index in [1.807, 2.05) is 31.3 Å². The summed E-state index contributed by atoms with van der Waals surface area (Å²) in [6.45, 7) is 4.01. The van der Waals surface area contributed by atoms with Gasteiger partial charge in [0.1, 0.15) is 5.82 Å². The molecule has 1 N–H and O–H groups in total. The average Bonchev–Trinajstić information content (AvgIpc) is 2.73. The predicted octanol–water partition coefficient (Wildman–Crippen LogP) is 2.90. The van der Waals surface area contributed by atoms with E-state index in [0.29, 0.717) is 0 Å². The summed E-state index contributed by atoms with van der Waals surface area (Å²) in [6, 6.07) is 10.4. The molecule has 0 saturated carbocycles. The van der Waals surface area contributed by atoms with E-state index in [4.69, 9.17) is 0 Å². The molecule has 0 unspecified atom stereocenters. The zero-order valence-corrected chi connectivity index (χ0v) is 9.51. The van der Waals surface area contributed by atoms with Crippen molar-refractivity contribution >= 4 is 6.21 Å². The molecule has 3 heteroatoms. The summed E-state index contributed by atoms with van der Waals surface area (Å²) in [4.78, 5) is 11.7. The maximum atomic E-state index is 4.48. The second kappa shape index (κ2) is 4.75. The van der Waals surface area contributed by atoms with E-state index in [1.165, 1.54) is 5.56 Å². The quantitative estimate of drug-likeness (QED) is 0.782. The highest BCUT2D eigenvalue weighted by Gasteiger charge is 2.00. The lowest BCUT2D eigenvalue weighted by Crippen LogP contribution is -1.90. The number of aryl methyl sites for hydroxylation is 1. The molecular formula is C13H15N3. The fourth-order valence-electron chi connectivity index (χ4n) is 1.52. The molecule has 0 bridgehead atoms. The number of H-pyrrole nitrogens is 1. The molecule has 16 heavy (non-hydrogen) atoms. The van der Waals surface area contributed by atoms with Crippen LogP contribution in [0.15, 0.2) is 41.5 Å². The van der Waals surface area contributed by atoms with Crippen molar-refractivity contribution in [1.82, 2.24) is 9.97 Å². The summed E-state index contributed by atoms with van der Waals surface area (Å²) >= 11 is 0. The Bertz CT molecular complexity index is 471.